The fraction of sp³-hybridized carbons (Fsp3) is 1.00. The molecule has 0 saturated carbocycles. The van der Waals surface area contributed by atoms with Gasteiger partial charge in [-0.15, -0.1) is 0 Å². The van der Waals surface area contributed by atoms with E-state index >= 15 is 0 Å². The maximum atomic E-state index is 9.70. The average molecular weight is 486 g/mol. The highest BCUT2D eigenvalue weighted by atomic mass is 16.6. The molecule has 200 valence electrons. The number of aliphatic hydroxyl groups excluding tert-OH is 4. The van der Waals surface area contributed by atoms with Crippen molar-refractivity contribution >= 4 is 0 Å². The summed E-state index contributed by atoms with van der Waals surface area (Å²) in [5.74, 6) is 0. The molecular weight excluding hydrogens is 438 g/mol. The molecule has 0 aromatic rings. The summed E-state index contributed by atoms with van der Waals surface area (Å²) >= 11 is 0. The van der Waals surface area contributed by atoms with Gasteiger partial charge in [0.1, 0.15) is 17.9 Å². The van der Waals surface area contributed by atoms with Crippen LogP contribution in [0.2, 0.25) is 0 Å². The fourth-order valence-corrected chi connectivity index (χ4v) is 2.65. The molecule has 0 bridgehead atoms. The maximum Gasteiger partial charge on any atom is 0.116 e. The summed E-state index contributed by atoms with van der Waals surface area (Å²) in [4.78, 5) is 0. The van der Waals surface area contributed by atoms with Gasteiger partial charge < -0.3 is 54.6 Å². The van der Waals surface area contributed by atoms with Crippen LogP contribution in [0.15, 0.2) is 0 Å². The van der Waals surface area contributed by atoms with Crippen molar-refractivity contribution < 1.29 is 48.8 Å². The highest BCUT2D eigenvalue weighted by Gasteiger charge is 2.25. The predicted molar refractivity (Wildman–Crippen MR) is 122 cm³/mol. The van der Waals surface area contributed by atoms with Crippen molar-refractivity contribution in [3.05, 3.63) is 0 Å². The minimum Gasteiger partial charge on any atom is -0.394 e. The van der Waals surface area contributed by atoms with E-state index < -0.39 is 23.5 Å². The fourth-order valence-electron chi connectivity index (χ4n) is 2.65. The van der Waals surface area contributed by atoms with Crippen molar-refractivity contribution in [2.45, 2.75) is 63.6 Å². The number of hydrogen-bond acceptors (Lipinski definition) is 11. The van der Waals surface area contributed by atoms with Crippen LogP contribution in [0.1, 0.15) is 40.0 Å². The molecule has 0 aliphatic rings. The molecule has 0 aliphatic carbocycles. The monoisotopic (exact) mass is 485 g/mol. The molecule has 0 heterocycles. The van der Waals surface area contributed by atoms with Crippen LogP contribution in [-0.2, 0) is 28.4 Å². The van der Waals surface area contributed by atoms with Gasteiger partial charge in [0.25, 0.3) is 0 Å². The van der Waals surface area contributed by atoms with Crippen molar-refractivity contribution in [2.24, 2.45) is 5.73 Å². The van der Waals surface area contributed by atoms with Crippen LogP contribution in [0, 0.1) is 0 Å². The second-order valence-corrected chi connectivity index (χ2v) is 8.37. The normalized spacial score (nSPS) is 17.5. The van der Waals surface area contributed by atoms with Crippen LogP contribution < -0.4 is 5.73 Å². The van der Waals surface area contributed by atoms with Gasteiger partial charge in [0, 0.05) is 6.42 Å². The molecule has 6 N–H and O–H groups in total. The Hall–Kier alpha value is -0.440. The van der Waals surface area contributed by atoms with Gasteiger partial charge in [-0.05, 0) is 26.7 Å². The van der Waals surface area contributed by atoms with Gasteiger partial charge in [0.15, 0.2) is 0 Å². The summed E-state index contributed by atoms with van der Waals surface area (Å²) < 4.78 is 32.7. The van der Waals surface area contributed by atoms with Gasteiger partial charge in [0.05, 0.1) is 84.9 Å². The average Bonchev–Trinajstić information content (AvgIpc) is 2.77. The van der Waals surface area contributed by atoms with Gasteiger partial charge in [-0.3, -0.25) is 0 Å². The minimum absolute atomic E-state index is 0.0788. The Kier molecular flexibility index (Phi) is 19.6. The predicted octanol–water partition coefficient (Wildman–Crippen LogP) is -0.584. The molecule has 0 fully saturated rings. The first-order valence-corrected chi connectivity index (χ1v) is 11.6. The van der Waals surface area contributed by atoms with E-state index in [4.69, 9.17) is 44.4 Å². The summed E-state index contributed by atoms with van der Waals surface area (Å²) in [6.45, 7) is 8.00. The molecule has 11 nitrogen and oxygen atoms in total. The Labute approximate surface area is 198 Å². The van der Waals surface area contributed by atoms with E-state index in [1.54, 1.807) is 6.92 Å². The van der Waals surface area contributed by atoms with Gasteiger partial charge >= 0.3 is 0 Å². The van der Waals surface area contributed by atoms with Crippen molar-refractivity contribution in [3.63, 3.8) is 0 Å². The Balaban J connectivity index is 3.96. The summed E-state index contributed by atoms with van der Waals surface area (Å²) in [6.07, 6.45) is 0.399. The Morgan fingerprint density at radius 3 is 1.64 bits per heavy atom. The van der Waals surface area contributed by atoms with Gasteiger partial charge in [0.2, 0.25) is 0 Å². The first-order chi connectivity index (χ1) is 15.7. The van der Waals surface area contributed by atoms with E-state index in [0.29, 0.717) is 39.3 Å². The molecule has 0 rings (SSSR count). The van der Waals surface area contributed by atoms with E-state index in [1.807, 2.05) is 13.8 Å². The minimum atomic E-state index is -0.871. The number of rotatable bonds is 24. The Morgan fingerprint density at radius 2 is 1.15 bits per heavy atom. The van der Waals surface area contributed by atoms with Crippen LogP contribution in [0.4, 0.5) is 0 Å². The lowest BCUT2D eigenvalue weighted by Gasteiger charge is -2.31. The van der Waals surface area contributed by atoms with Crippen LogP contribution in [0.3, 0.4) is 0 Å². The molecule has 0 saturated heterocycles. The lowest BCUT2D eigenvalue weighted by atomic mass is 9.99. The van der Waals surface area contributed by atoms with E-state index in [2.05, 4.69) is 0 Å². The largest absolute Gasteiger partial charge is 0.394 e. The zero-order chi connectivity index (χ0) is 25.0. The molecular formula is C22H47NO10. The van der Waals surface area contributed by atoms with Crippen LogP contribution >= 0.6 is 0 Å². The van der Waals surface area contributed by atoms with Crippen molar-refractivity contribution in [1.82, 2.24) is 0 Å². The molecule has 4 unspecified atom stereocenters. The van der Waals surface area contributed by atoms with Crippen LogP contribution in [0.5, 0.6) is 0 Å². The molecule has 0 radical (unpaired) electrons. The summed E-state index contributed by atoms with van der Waals surface area (Å²) in [7, 11) is 0. The topological polar surface area (TPSA) is 162 Å². The molecule has 33 heavy (non-hydrogen) atoms. The highest BCUT2D eigenvalue weighted by Crippen LogP contribution is 2.21. The van der Waals surface area contributed by atoms with E-state index in [0.717, 1.165) is 6.42 Å². The third-order valence-electron chi connectivity index (χ3n) is 4.94. The van der Waals surface area contributed by atoms with E-state index in [1.165, 1.54) is 0 Å². The van der Waals surface area contributed by atoms with Crippen molar-refractivity contribution in [2.75, 3.05) is 79.3 Å². The second kappa shape index (κ2) is 19.8. The number of nitrogens with two attached hydrogens (primary N) is 1. The van der Waals surface area contributed by atoms with Crippen molar-refractivity contribution in [3.8, 4) is 0 Å². The summed E-state index contributed by atoms with van der Waals surface area (Å²) in [5, 5.41) is 36.7. The first kappa shape index (κ1) is 32.6. The van der Waals surface area contributed by atoms with Crippen LogP contribution in [-0.4, -0.2) is 123 Å². The summed E-state index contributed by atoms with van der Waals surface area (Å²) in [5.41, 5.74) is 4.93. The third kappa shape index (κ3) is 19.5. The van der Waals surface area contributed by atoms with Crippen molar-refractivity contribution in [1.29, 1.82) is 0 Å². The SMILES string of the molecule is CCC(C)(CCOC(C)(N)CCOCC(O)COCCO)OCCOCC(O)COCCO. The molecule has 0 aromatic carbocycles. The number of ether oxygens (including phenoxy) is 6. The lowest BCUT2D eigenvalue weighted by Crippen LogP contribution is -2.42. The standard InChI is InChI=1S/C22H47NO10/c1-4-21(2,32-14-13-31-18-20(27)17-30-12-8-25)5-10-33-22(3,23)6-9-28-15-19(26)16-29-11-7-24/h19-20,24-27H,4-18,23H2,1-3H3. The molecule has 0 aliphatic heterocycles. The number of hydrogen-bond donors (Lipinski definition) is 5. The van der Waals surface area contributed by atoms with E-state index in [9.17, 15) is 10.2 Å². The smallest absolute Gasteiger partial charge is 0.116 e. The quantitative estimate of drug-likeness (QED) is 0.0878. The Morgan fingerprint density at radius 1 is 0.667 bits per heavy atom. The second-order valence-electron chi connectivity index (χ2n) is 8.37. The molecule has 4 atom stereocenters. The summed E-state index contributed by atoms with van der Waals surface area (Å²) in [6, 6.07) is 0. The third-order valence-corrected chi connectivity index (χ3v) is 4.94. The zero-order valence-electron chi connectivity index (χ0n) is 20.6. The Bertz CT molecular complexity index is 443. The van der Waals surface area contributed by atoms with E-state index in [-0.39, 0.29) is 52.9 Å². The maximum absolute atomic E-state index is 9.70. The van der Waals surface area contributed by atoms with Crippen LogP contribution in [0.25, 0.3) is 0 Å². The highest BCUT2D eigenvalue weighted by molar-refractivity contribution is 4.75. The molecule has 11 heteroatoms. The lowest BCUT2D eigenvalue weighted by molar-refractivity contribution is -0.107. The molecule has 0 spiro atoms. The first-order valence-electron chi connectivity index (χ1n) is 11.6. The zero-order valence-corrected chi connectivity index (χ0v) is 20.6. The molecule has 0 aromatic heterocycles. The number of aliphatic hydroxyl groups is 4. The van der Waals surface area contributed by atoms with Gasteiger partial charge in [-0.1, -0.05) is 6.92 Å². The molecule has 0 amide bonds. The van der Waals surface area contributed by atoms with Gasteiger partial charge in [-0.25, -0.2) is 0 Å². The van der Waals surface area contributed by atoms with Gasteiger partial charge in [-0.2, -0.15) is 0 Å².